The second-order valence-electron chi connectivity index (χ2n) is 8.71. The number of hydrogen-bond acceptors (Lipinski definition) is 7. The van der Waals surface area contributed by atoms with Crippen molar-refractivity contribution < 1.29 is 9.59 Å². The molecule has 0 saturated carbocycles. The zero-order chi connectivity index (χ0) is 24.4. The van der Waals surface area contributed by atoms with E-state index in [9.17, 15) is 9.59 Å². The molecule has 2 aromatic carbocycles. The highest BCUT2D eigenvalue weighted by Crippen LogP contribution is 2.41. The lowest BCUT2D eigenvalue weighted by molar-refractivity contribution is -0.113. The van der Waals surface area contributed by atoms with Crippen molar-refractivity contribution in [2.75, 3.05) is 10.6 Å². The molecule has 35 heavy (non-hydrogen) atoms. The van der Waals surface area contributed by atoms with Crippen molar-refractivity contribution in [2.24, 2.45) is 9.98 Å². The van der Waals surface area contributed by atoms with Gasteiger partial charge in [0.1, 0.15) is 18.5 Å². The third-order valence-corrected chi connectivity index (χ3v) is 7.46. The quantitative estimate of drug-likeness (QED) is 0.473. The van der Waals surface area contributed by atoms with Gasteiger partial charge in [0.2, 0.25) is 0 Å². The number of carbonyl (C=O) groups excluding carboxylic acids is 2. The lowest BCUT2D eigenvalue weighted by Gasteiger charge is -2.26. The second kappa shape index (κ2) is 9.92. The smallest absolute Gasteiger partial charge is 0.254 e. The second-order valence-corrected chi connectivity index (χ2v) is 9.62. The molecule has 5 rings (SSSR count). The summed E-state index contributed by atoms with van der Waals surface area (Å²) in [6.07, 6.45) is 6.74. The van der Waals surface area contributed by atoms with Gasteiger partial charge in [-0.25, -0.2) is 0 Å². The number of rotatable bonds is 7. The van der Waals surface area contributed by atoms with E-state index in [4.69, 9.17) is 0 Å². The van der Waals surface area contributed by atoms with Gasteiger partial charge in [-0.15, -0.1) is 0 Å². The van der Waals surface area contributed by atoms with E-state index in [0.717, 1.165) is 57.8 Å². The van der Waals surface area contributed by atoms with Crippen LogP contribution in [-0.2, 0) is 11.2 Å². The molecule has 2 aromatic rings. The molecule has 2 atom stereocenters. The summed E-state index contributed by atoms with van der Waals surface area (Å²) in [6.45, 7) is 4.15. The minimum atomic E-state index is -0.279. The largest absolute Gasteiger partial charge is 0.360 e. The Bertz CT molecular complexity index is 1290. The van der Waals surface area contributed by atoms with E-state index in [2.05, 4.69) is 38.9 Å². The average molecular weight is 486 g/mol. The summed E-state index contributed by atoms with van der Waals surface area (Å²) in [5.74, 6) is -0.125. The number of allylic oxidation sites excluding steroid dienone is 1. The molecule has 3 aliphatic heterocycles. The lowest BCUT2D eigenvalue weighted by Crippen LogP contribution is -2.28. The van der Waals surface area contributed by atoms with E-state index < -0.39 is 0 Å². The Kier molecular flexibility index (Phi) is 6.55. The third kappa shape index (κ3) is 4.53. The molecule has 0 bridgehead atoms. The topological polar surface area (TPSA) is 95.0 Å². The van der Waals surface area contributed by atoms with Crippen molar-refractivity contribution in [1.29, 1.82) is 0 Å². The van der Waals surface area contributed by atoms with E-state index in [1.807, 2.05) is 36.7 Å². The number of fused-ring (bicyclic) bond motifs is 2. The fraction of sp³-hybridized carbons (Fsp3) is 0.259. The molecule has 8 heteroatoms. The Morgan fingerprint density at radius 3 is 2.80 bits per heavy atom. The Balaban J connectivity index is 1.38. The number of hydrogen-bond donors (Lipinski definition) is 3. The first-order valence-corrected chi connectivity index (χ1v) is 12.6. The summed E-state index contributed by atoms with van der Waals surface area (Å²) < 4.78 is 0. The first-order valence-electron chi connectivity index (χ1n) is 11.7. The zero-order valence-electron chi connectivity index (χ0n) is 19.7. The maximum atomic E-state index is 13.4. The van der Waals surface area contributed by atoms with E-state index in [1.54, 1.807) is 30.2 Å². The van der Waals surface area contributed by atoms with Gasteiger partial charge >= 0.3 is 0 Å². The van der Waals surface area contributed by atoms with Gasteiger partial charge in [0, 0.05) is 45.7 Å². The van der Waals surface area contributed by atoms with E-state index in [-0.39, 0.29) is 18.1 Å². The zero-order valence-corrected chi connectivity index (χ0v) is 20.5. The highest BCUT2D eigenvalue weighted by atomic mass is 32.2. The number of carbonyl (C=O) groups is 2. The van der Waals surface area contributed by atoms with Crippen molar-refractivity contribution in [3.63, 3.8) is 0 Å². The Morgan fingerprint density at radius 2 is 2.03 bits per heavy atom. The van der Waals surface area contributed by atoms with Crippen molar-refractivity contribution in [3.05, 3.63) is 80.2 Å². The molecular formula is C27H27N5O2S. The lowest BCUT2D eigenvalue weighted by atomic mass is 9.94. The first-order chi connectivity index (χ1) is 17.1. The van der Waals surface area contributed by atoms with Crippen LogP contribution >= 0.6 is 11.8 Å². The molecule has 0 aliphatic carbocycles. The molecule has 0 aromatic heterocycles. The van der Waals surface area contributed by atoms with Crippen LogP contribution in [0, 0.1) is 6.92 Å². The van der Waals surface area contributed by atoms with Crippen LogP contribution in [0.1, 0.15) is 53.0 Å². The molecule has 0 saturated heterocycles. The van der Waals surface area contributed by atoms with Gasteiger partial charge in [-0.1, -0.05) is 37.2 Å². The van der Waals surface area contributed by atoms with Crippen molar-refractivity contribution in [2.45, 2.75) is 45.3 Å². The number of aldehydes is 1. The summed E-state index contributed by atoms with van der Waals surface area (Å²) >= 11 is 1.59. The number of anilines is 2. The van der Waals surface area contributed by atoms with Gasteiger partial charge in [0.25, 0.3) is 5.91 Å². The van der Waals surface area contributed by atoms with Crippen LogP contribution < -0.4 is 16.0 Å². The standard InChI is InChI=1S/C27H27N5O2S/c1-3-4-22-25-24(30-15-29-22)21(14-35-25)27(34)32-23-16(2)5-10-20-19(23)11-12-28-26(20)31-18-8-6-17(13-33)7-9-18/h5-10,12-15,24,26,31H,3-4,11H2,1-2H3,(H,29,30)(H,32,34). The van der Waals surface area contributed by atoms with Gasteiger partial charge in [0.15, 0.2) is 0 Å². The minimum Gasteiger partial charge on any atom is -0.360 e. The molecule has 2 unspecified atom stereocenters. The minimum absolute atomic E-state index is 0.125. The van der Waals surface area contributed by atoms with Crippen LogP contribution in [0.25, 0.3) is 0 Å². The number of nitrogens with one attached hydrogen (secondary N) is 3. The first kappa shape index (κ1) is 23.1. The van der Waals surface area contributed by atoms with Crippen molar-refractivity contribution in [3.8, 4) is 0 Å². The van der Waals surface area contributed by atoms with Gasteiger partial charge in [-0.3, -0.25) is 19.6 Å². The number of thioether (sulfide) groups is 1. The summed E-state index contributed by atoms with van der Waals surface area (Å²) in [7, 11) is 0. The maximum Gasteiger partial charge on any atom is 0.254 e. The molecule has 3 N–H and O–H groups in total. The van der Waals surface area contributed by atoms with Crippen LogP contribution in [-0.4, -0.2) is 30.8 Å². The molecule has 178 valence electrons. The summed E-state index contributed by atoms with van der Waals surface area (Å²) in [4.78, 5) is 34.7. The van der Waals surface area contributed by atoms with Crippen molar-refractivity contribution in [1.82, 2.24) is 5.32 Å². The molecule has 0 spiro atoms. The number of amides is 1. The van der Waals surface area contributed by atoms with Crippen LogP contribution in [0.4, 0.5) is 11.4 Å². The Hall–Kier alpha value is -3.65. The third-order valence-electron chi connectivity index (χ3n) is 6.37. The van der Waals surface area contributed by atoms with E-state index >= 15 is 0 Å². The van der Waals surface area contributed by atoms with Crippen LogP contribution in [0.15, 0.2) is 68.0 Å². The fourth-order valence-corrected chi connectivity index (χ4v) is 5.65. The fourth-order valence-electron chi connectivity index (χ4n) is 4.54. The molecule has 3 aliphatic rings. The maximum absolute atomic E-state index is 13.4. The molecule has 3 heterocycles. The van der Waals surface area contributed by atoms with Gasteiger partial charge in [-0.05, 0) is 54.1 Å². The normalized spacial score (nSPS) is 20.0. The molecule has 0 fully saturated rings. The number of aryl methyl sites for hydroxylation is 1. The highest BCUT2D eigenvalue weighted by molar-refractivity contribution is 8.06. The summed E-state index contributed by atoms with van der Waals surface area (Å²) in [6, 6.07) is 11.1. The van der Waals surface area contributed by atoms with Crippen LogP contribution in [0.3, 0.4) is 0 Å². The van der Waals surface area contributed by atoms with Crippen LogP contribution in [0.5, 0.6) is 0 Å². The highest BCUT2D eigenvalue weighted by Gasteiger charge is 2.34. The summed E-state index contributed by atoms with van der Waals surface area (Å²) in [5.41, 5.74) is 7.22. The SMILES string of the molecule is CCCC1=C2SC=C(C(=O)Nc3c(C)ccc4c3CC=NC4Nc3ccc(C=O)cc3)C2N=CN1. The van der Waals surface area contributed by atoms with E-state index in [0.29, 0.717) is 17.6 Å². The average Bonchev–Trinajstić information content (AvgIpc) is 3.32. The van der Waals surface area contributed by atoms with E-state index in [1.165, 1.54) is 0 Å². The molecular weight excluding hydrogens is 458 g/mol. The number of nitrogens with zero attached hydrogens (tertiary/aromatic N) is 2. The predicted octanol–water partition coefficient (Wildman–Crippen LogP) is 5.13. The van der Waals surface area contributed by atoms with Crippen LogP contribution in [0.2, 0.25) is 0 Å². The van der Waals surface area contributed by atoms with Crippen molar-refractivity contribution >= 4 is 47.9 Å². The number of aliphatic imine (C=N–C) groups is 2. The van der Waals surface area contributed by atoms with Gasteiger partial charge < -0.3 is 16.0 Å². The molecule has 0 radical (unpaired) electrons. The monoisotopic (exact) mass is 485 g/mol. The summed E-state index contributed by atoms with van der Waals surface area (Å²) in [5, 5.41) is 11.8. The Morgan fingerprint density at radius 1 is 1.20 bits per heavy atom. The molecule has 7 nitrogen and oxygen atoms in total. The molecule has 1 amide bonds. The number of benzene rings is 2. The van der Waals surface area contributed by atoms with Gasteiger partial charge in [-0.2, -0.15) is 0 Å². The Labute approximate surface area is 208 Å². The predicted molar refractivity (Wildman–Crippen MR) is 143 cm³/mol. The van der Waals surface area contributed by atoms with Gasteiger partial charge in [0.05, 0.1) is 11.9 Å².